The number of halogens is 1. The van der Waals surface area contributed by atoms with Crippen LogP contribution in [-0.2, 0) is 5.75 Å². The van der Waals surface area contributed by atoms with Gasteiger partial charge in [-0.25, -0.2) is 4.98 Å². The average molecular weight is 243 g/mol. The predicted molar refractivity (Wildman–Crippen MR) is 65.2 cm³/mol. The molecule has 2 nitrogen and oxygen atoms in total. The van der Waals surface area contributed by atoms with Gasteiger partial charge in [-0.3, -0.25) is 4.98 Å². The maximum absolute atomic E-state index is 5.67. The quantitative estimate of drug-likeness (QED) is 0.808. The highest BCUT2D eigenvalue weighted by Crippen LogP contribution is 2.28. The first-order chi connectivity index (χ1) is 7.34. The maximum atomic E-state index is 5.67. The third-order valence-electron chi connectivity index (χ3n) is 2.75. The zero-order valence-electron chi connectivity index (χ0n) is 8.66. The molecule has 1 aromatic rings. The molecule has 1 fully saturated rings. The molecule has 1 aliphatic carbocycles. The minimum absolute atomic E-state index is 0.472. The molecule has 82 valence electrons. The number of aromatic nitrogens is 2. The Hall–Kier alpha value is -0.280. The largest absolute Gasteiger partial charge is 0.256 e. The lowest BCUT2D eigenvalue weighted by Crippen LogP contribution is -1.98. The van der Waals surface area contributed by atoms with Crippen LogP contribution in [0.25, 0.3) is 0 Å². The van der Waals surface area contributed by atoms with Crippen molar-refractivity contribution in [3.8, 4) is 0 Å². The second kappa shape index (κ2) is 5.71. The Morgan fingerprint density at radius 1 is 1.27 bits per heavy atom. The van der Waals surface area contributed by atoms with Crippen molar-refractivity contribution in [2.45, 2.75) is 31.4 Å². The van der Waals surface area contributed by atoms with Crippen molar-refractivity contribution in [3.63, 3.8) is 0 Å². The first-order valence-electron chi connectivity index (χ1n) is 5.39. The maximum Gasteiger partial charge on any atom is 0.147 e. The molecule has 0 radical (unpaired) electrons. The van der Waals surface area contributed by atoms with E-state index in [1.807, 2.05) is 11.8 Å². The normalized spacial score (nSPS) is 17.1. The highest BCUT2D eigenvalue weighted by Gasteiger charge is 2.14. The van der Waals surface area contributed by atoms with Gasteiger partial charge in [-0.2, -0.15) is 11.8 Å². The van der Waals surface area contributed by atoms with Gasteiger partial charge in [0.05, 0.1) is 18.1 Å². The lowest BCUT2D eigenvalue weighted by Gasteiger charge is -2.07. The van der Waals surface area contributed by atoms with E-state index in [1.165, 1.54) is 31.4 Å². The van der Waals surface area contributed by atoms with Crippen molar-refractivity contribution in [2.75, 3.05) is 5.75 Å². The van der Waals surface area contributed by atoms with Crippen LogP contribution in [0, 0.1) is 5.92 Å². The Labute approximate surface area is 99.8 Å². The van der Waals surface area contributed by atoms with E-state index in [0.717, 1.165) is 17.4 Å². The summed E-state index contributed by atoms with van der Waals surface area (Å²) in [4.78, 5) is 8.25. The van der Waals surface area contributed by atoms with E-state index < -0.39 is 0 Å². The molecule has 1 aliphatic rings. The summed E-state index contributed by atoms with van der Waals surface area (Å²) in [6, 6.07) is 0. The minimum atomic E-state index is 0.472. The molecule has 15 heavy (non-hydrogen) atoms. The van der Waals surface area contributed by atoms with Crippen molar-refractivity contribution in [3.05, 3.63) is 23.2 Å². The van der Waals surface area contributed by atoms with Crippen molar-refractivity contribution in [1.29, 1.82) is 0 Å². The molecule has 0 unspecified atom stereocenters. The van der Waals surface area contributed by atoms with Crippen molar-refractivity contribution in [1.82, 2.24) is 9.97 Å². The molecule has 0 spiro atoms. The summed E-state index contributed by atoms with van der Waals surface area (Å²) in [6.45, 7) is 0. The van der Waals surface area contributed by atoms with E-state index >= 15 is 0 Å². The first kappa shape index (κ1) is 11.2. The molecule has 1 saturated carbocycles. The van der Waals surface area contributed by atoms with Crippen LogP contribution in [0.15, 0.2) is 12.4 Å². The lowest BCUT2D eigenvalue weighted by atomic mass is 10.1. The van der Waals surface area contributed by atoms with E-state index in [9.17, 15) is 0 Å². The van der Waals surface area contributed by atoms with E-state index in [4.69, 9.17) is 11.6 Å². The molecule has 0 aliphatic heterocycles. The van der Waals surface area contributed by atoms with Gasteiger partial charge in [0, 0.05) is 5.75 Å². The molecule has 0 aromatic carbocycles. The number of rotatable bonds is 4. The Morgan fingerprint density at radius 3 is 2.73 bits per heavy atom. The van der Waals surface area contributed by atoms with Crippen LogP contribution in [0.5, 0.6) is 0 Å². The van der Waals surface area contributed by atoms with Gasteiger partial charge in [-0.1, -0.05) is 24.4 Å². The Balaban J connectivity index is 1.71. The van der Waals surface area contributed by atoms with Crippen molar-refractivity contribution in [2.24, 2.45) is 5.92 Å². The molecular formula is C11H15ClN2S. The number of thioether (sulfide) groups is 1. The fourth-order valence-electron chi connectivity index (χ4n) is 1.92. The number of hydrogen-bond donors (Lipinski definition) is 0. The molecule has 0 N–H and O–H groups in total. The van der Waals surface area contributed by atoms with E-state index in [-0.39, 0.29) is 0 Å². The van der Waals surface area contributed by atoms with Crippen molar-refractivity contribution < 1.29 is 0 Å². The van der Waals surface area contributed by atoms with Crippen LogP contribution >= 0.6 is 23.4 Å². The molecule has 0 bridgehead atoms. The lowest BCUT2D eigenvalue weighted by molar-refractivity contribution is 0.623. The standard InChI is InChI=1S/C11H15ClN2S/c12-11-6-13-10(5-14-11)8-15-7-9-3-1-2-4-9/h5-6,9H,1-4,7-8H2. The van der Waals surface area contributed by atoms with E-state index in [1.54, 1.807) is 12.4 Å². The van der Waals surface area contributed by atoms with E-state index in [2.05, 4.69) is 9.97 Å². The van der Waals surface area contributed by atoms with Gasteiger partial charge in [0.25, 0.3) is 0 Å². The molecule has 0 amide bonds. The fourth-order valence-corrected chi connectivity index (χ4v) is 3.16. The minimum Gasteiger partial charge on any atom is -0.256 e. The van der Waals surface area contributed by atoms with Crippen molar-refractivity contribution >= 4 is 23.4 Å². The summed E-state index contributed by atoms with van der Waals surface area (Å²) < 4.78 is 0. The van der Waals surface area contributed by atoms with Crippen LogP contribution in [0.4, 0.5) is 0 Å². The topological polar surface area (TPSA) is 25.8 Å². The molecule has 2 rings (SSSR count). The molecular weight excluding hydrogens is 228 g/mol. The molecule has 1 heterocycles. The predicted octanol–water partition coefficient (Wildman–Crippen LogP) is 3.55. The summed E-state index contributed by atoms with van der Waals surface area (Å²) in [5, 5.41) is 0.472. The van der Waals surface area contributed by atoms with Gasteiger partial charge in [-0.15, -0.1) is 0 Å². The number of hydrogen-bond acceptors (Lipinski definition) is 3. The Kier molecular flexibility index (Phi) is 4.27. The summed E-state index contributed by atoms with van der Waals surface area (Å²) >= 11 is 7.63. The summed E-state index contributed by atoms with van der Waals surface area (Å²) in [7, 11) is 0. The summed E-state index contributed by atoms with van der Waals surface area (Å²) in [5.41, 5.74) is 1.03. The van der Waals surface area contributed by atoms with Gasteiger partial charge < -0.3 is 0 Å². The van der Waals surface area contributed by atoms with E-state index in [0.29, 0.717) is 5.15 Å². The van der Waals surface area contributed by atoms with Gasteiger partial charge in [0.1, 0.15) is 5.15 Å². The van der Waals surface area contributed by atoms with Gasteiger partial charge in [-0.05, 0) is 24.5 Å². The molecule has 0 atom stereocenters. The zero-order valence-corrected chi connectivity index (χ0v) is 10.2. The van der Waals surface area contributed by atoms with Crippen LogP contribution in [0.2, 0.25) is 5.15 Å². The van der Waals surface area contributed by atoms with Gasteiger partial charge in [0.15, 0.2) is 0 Å². The molecule has 0 saturated heterocycles. The number of nitrogens with zero attached hydrogens (tertiary/aromatic N) is 2. The van der Waals surface area contributed by atoms with Crippen LogP contribution < -0.4 is 0 Å². The average Bonchev–Trinajstić information content (AvgIpc) is 2.74. The van der Waals surface area contributed by atoms with Crippen LogP contribution in [-0.4, -0.2) is 15.7 Å². The monoisotopic (exact) mass is 242 g/mol. The first-order valence-corrected chi connectivity index (χ1v) is 6.92. The fraction of sp³-hybridized carbons (Fsp3) is 0.636. The highest BCUT2D eigenvalue weighted by atomic mass is 35.5. The SMILES string of the molecule is Clc1cnc(CSCC2CCCC2)cn1. The second-order valence-electron chi connectivity index (χ2n) is 4.00. The third kappa shape index (κ3) is 3.65. The summed E-state index contributed by atoms with van der Waals surface area (Å²) in [5.74, 6) is 3.17. The Morgan fingerprint density at radius 2 is 2.07 bits per heavy atom. The molecule has 1 aromatic heterocycles. The zero-order chi connectivity index (χ0) is 10.5. The smallest absolute Gasteiger partial charge is 0.147 e. The second-order valence-corrected chi connectivity index (χ2v) is 5.41. The van der Waals surface area contributed by atoms with Gasteiger partial charge in [0.2, 0.25) is 0 Å². The van der Waals surface area contributed by atoms with Crippen LogP contribution in [0.3, 0.4) is 0 Å². The highest BCUT2D eigenvalue weighted by molar-refractivity contribution is 7.98. The summed E-state index contributed by atoms with van der Waals surface area (Å²) in [6.07, 6.45) is 9.06. The molecule has 4 heteroatoms. The third-order valence-corrected chi connectivity index (χ3v) is 4.15. The van der Waals surface area contributed by atoms with Crippen LogP contribution in [0.1, 0.15) is 31.4 Å². The Bertz CT molecular complexity index is 296. The van der Waals surface area contributed by atoms with Gasteiger partial charge >= 0.3 is 0 Å².